The lowest BCUT2D eigenvalue weighted by Crippen LogP contribution is -2.44. The van der Waals surface area contributed by atoms with Crippen LogP contribution in [-0.4, -0.2) is 111 Å². The normalized spacial score (nSPS) is 14.4. The first kappa shape index (κ1) is 25.5. The Bertz CT molecular complexity index is 550. The van der Waals surface area contributed by atoms with E-state index in [1.807, 2.05) is 42.3 Å². The van der Waals surface area contributed by atoms with Gasteiger partial charge < -0.3 is 28.7 Å². The third kappa shape index (κ3) is 14.7. The fourth-order valence-electron chi connectivity index (χ4n) is 2.44. The van der Waals surface area contributed by atoms with Gasteiger partial charge in [-0.25, -0.2) is 9.59 Å². The maximum Gasteiger partial charge on any atom is 0.331 e. The Hall–Kier alpha value is -2.46. The number of likely N-dealkylation sites (N-methyl/N-ethyl adjacent to an activating group) is 2. The van der Waals surface area contributed by atoms with Gasteiger partial charge in [-0.2, -0.15) is 0 Å². The van der Waals surface area contributed by atoms with Crippen molar-refractivity contribution in [3.63, 3.8) is 0 Å². The van der Waals surface area contributed by atoms with Crippen molar-refractivity contribution in [2.24, 2.45) is 0 Å². The molecule has 10 heteroatoms. The second kappa shape index (κ2) is 10.8. The first-order valence-electron chi connectivity index (χ1n) is 8.71. The molecule has 0 amide bonds. The van der Waals surface area contributed by atoms with E-state index in [4.69, 9.17) is 19.7 Å². The molecule has 0 aromatic rings. The van der Waals surface area contributed by atoms with Gasteiger partial charge in [-0.15, -0.1) is 0 Å². The number of quaternary nitrogens is 2. The molecule has 0 saturated carbocycles. The van der Waals surface area contributed by atoms with E-state index in [9.17, 15) is 19.2 Å². The molecule has 2 atom stereocenters. The van der Waals surface area contributed by atoms with Crippen LogP contribution in [-0.2, 0) is 28.7 Å². The van der Waals surface area contributed by atoms with Crippen molar-refractivity contribution in [3.8, 4) is 0 Å². The fraction of sp³-hybridized carbons (Fsp3) is 0.667. The molecule has 0 unspecified atom stereocenters. The second-order valence-electron chi connectivity index (χ2n) is 8.59. The van der Waals surface area contributed by atoms with Gasteiger partial charge in [0, 0.05) is 12.2 Å². The fourth-order valence-corrected chi connectivity index (χ4v) is 2.44. The summed E-state index contributed by atoms with van der Waals surface area (Å²) < 4.78 is 11.0. The minimum absolute atomic E-state index is 0.278. The van der Waals surface area contributed by atoms with Crippen molar-refractivity contribution in [2.75, 3.05) is 55.4 Å². The Balaban J connectivity index is 4.87. The number of esters is 2. The lowest BCUT2D eigenvalue weighted by Gasteiger charge is -2.28. The van der Waals surface area contributed by atoms with Crippen molar-refractivity contribution >= 4 is 23.9 Å². The Morgan fingerprint density at radius 2 is 1.00 bits per heavy atom. The molecule has 0 aliphatic rings. The summed E-state index contributed by atoms with van der Waals surface area (Å²) in [5.41, 5.74) is 0. The molecule has 0 saturated heterocycles. The number of hydrogen-bond acceptors (Lipinski definition) is 6. The molecule has 28 heavy (non-hydrogen) atoms. The zero-order valence-corrected chi connectivity index (χ0v) is 17.4. The monoisotopic (exact) mass is 404 g/mol. The quantitative estimate of drug-likeness (QED) is 0.258. The van der Waals surface area contributed by atoms with Gasteiger partial charge in [0.25, 0.3) is 0 Å². The Labute approximate surface area is 165 Å². The summed E-state index contributed by atoms with van der Waals surface area (Å²) in [6, 6.07) is 0. The summed E-state index contributed by atoms with van der Waals surface area (Å²) in [6.45, 7) is 0.557. The number of carboxylic acid groups (broad SMARTS) is 2. The van der Waals surface area contributed by atoms with Crippen LogP contribution in [0.25, 0.3) is 0 Å². The highest BCUT2D eigenvalue weighted by Gasteiger charge is 2.25. The minimum atomic E-state index is -1.11. The number of carbonyl (C=O) groups is 4. The SMILES string of the molecule is C[N+](C)(C)C[C@@H](CC(=O)O)OC(=O)C=CC(=O)O[C@H](CC(=O)O)C[N+](C)(C)C. The van der Waals surface area contributed by atoms with Crippen molar-refractivity contribution in [2.45, 2.75) is 25.0 Å². The van der Waals surface area contributed by atoms with Gasteiger partial charge in [0.05, 0.1) is 55.1 Å². The first-order chi connectivity index (χ1) is 12.6. The highest BCUT2D eigenvalue weighted by Crippen LogP contribution is 2.08. The lowest BCUT2D eigenvalue weighted by molar-refractivity contribution is -0.873. The third-order valence-electron chi connectivity index (χ3n) is 3.23. The molecule has 0 rings (SSSR count). The molecule has 0 bridgehead atoms. The maximum atomic E-state index is 11.9. The number of hydrogen-bond donors (Lipinski definition) is 2. The van der Waals surface area contributed by atoms with Crippen LogP contribution in [0.2, 0.25) is 0 Å². The Morgan fingerprint density at radius 1 is 0.714 bits per heavy atom. The highest BCUT2D eigenvalue weighted by atomic mass is 16.6. The number of carbonyl (C=O) groups excluding carboxylic acids is 2. The molecule has 0 aliphatic heterocycles. The van der Waals surface area contributed by atoms with Gasteiger partial charge in [0.2, 0.25) is 0 Å². The van der Waals surface area contributed by atoms with Crippen LogP contribution >= 0.6 is 0 Å². The van der Waals surface area contributed by atoms with E-state index in [1.165, 1.54) is 0 Å². The molecular weight excluding hydrogens is 372 g/mol. The van der Waals surface area contributed by atoms with Crippen molar-refractivity contribution < 1.29 is 47.8 Å². The van der Waals surface area contributed by atoms with Crippen LogP contribution in [0.4, 0.5) is 0 Å². The van der Waals surface area contributed by atoms with Gasteiger partial charge in [-0.1, -0.05) is 0 Å². The second-order valence-corrected chi connectivity index (χ2v) is 8.59. The molecule has 0 spiro atoms. The molecular formula is C18H32N2O8+2. The topological polar surface area (TPSA) is 127 Å². The van der Waals surface area contributed by atoms with Crippen molar-refractivity contribution in [1.29, 1.82) is 0 Å². The molecule has 10 nitrogen and oxygen atoms in total. The molecule has 0 radical (unpaired) electrons. The van der Waals surface area contributed by atoms with Crippen molar-refractivity contribution in [3.05, 3.63) is 12.2 Å². The smallest absolute Gasteiger partial charge is 0.331 e. The Morgan fingerprint density at radius 3 is 1.21 bits per heavy atom. The largest absolute Gasteiger partial charge is 0.481 e. The maximum absolute atomic E-state index is 11.9. The summed E-state index contributed by atoms with van der Waals surface area (Å²) in [5, 5.41) is 17.9. The number of carboxylic acids is 2. The Kier molecular flexibility index (Phi) is 9.82. The first-order valence-corrected chi connectivity index (χ1v) is 8.71. The average Bonchev–Trinajstić information content (AvgIpc) is 2.39. The molecule has 0 aromatic heterocycles. The van der Waals surface area contributed by atoms with E-state index in [0.29, 0.717) is 8.97 Å². The van der Waals surface area contributed by atoms with E-state index in [1.54, 1.807) is 0 Å². The van der Waals surface area contributed by atoms with Crippen LogP contribution < -0.4 is 0 Å². The molecule has 0 heterocycles. The predicted molar refractivity (Wildman–Crippen MR) is 99.2 cm³/mol. The van der Waals surface area contributed by atoms with Gasteiger partial charge in [-0.3, -0.25) is 9.59 Å². The number of aliphatic carboxylic acids is 2. The van der Waals surface area contributed by atoms with Gasteiger partial charge in [0.15, 0.2) is 12.2 Å². The van der Waals surface area contributed by atoms with E-state index < -0.39 is 36.1 Å². The van der Waals surface area contributed by atoms with E-state index >= 15 is 0 Å². The van der Waals surface area contributed by atoms with Crippen LogP contribution in [0.1, 0.15) is 12.8 Å². The predicted octanol–water partition coefficient (Wildman–Crippen LogP) is -0.272. The van der Waals surface area contributed by atoms with Gasteiger partial charge in [0.1, 0.15) is 13.1 Å². The molecule has 2 N–H and O–H groups in total. The van der Waals surface area contributed by atoms with E-state index in [0.717, 1.165) is 12.2 Å². The van der Waals surface area contributed by atoms with Crippen molar-refractivity contribution in [1.82, 2.24) is 0 Å². The summed E-state index contributed by atoms with van der Waals surface area (Å²) >= 11 is 0. The summed E-state index contributed by atoms with van der Waals surface area (Å²) in [6.07, 6.45) is -0.743. The van der Waals surface area contributed by atoms with Crippen LogP contribution in [0.3, 0.4) is 0 Å². The zero-order valence-electron chi connectivity index (χ0n) is 17.4. The highest BCUT2D eigenvalue weighted by molar-refractivity contribution is 5.92. The van der Waals surface area contributed by atoms with Crippen LogP contribution in [0, 0.1) is 0 Å². The average molecular weight is 404 g/mol. The zero-order chi connectivity index (χ0) is 22.1. The summed E-state index contributed by atoms with van der Waals surface area (Å²) in [4.78, 5) is 45.7. The molecule has 160 valence electrons. The van der Waals surface area contributed by atoms with Gasteiger partial charge >= 0.3 is 23.9 Å². The lowest BCUT2D eigenvalue weighted by atomic mass is 10.2. The minimum Gasteiger partial charge on any atom is -0.481 e. The summed E-state index contributed by atoms with van der Waals surface area (Å²) in [5.74, 6) is -3.96. The van der Waals surface area contributed by atoms with E-state index in [-0.39, 0.29) is 25.9 Å². The van der Waals surface area contributed by atoms with Gasteiger partial charge in [-0.05, 0) is 0 Å². The molecule has 0 aromatic carbocycles. The van der Waals surface area contributed by atoms with Crippen LogP contribution in [0.15, 0.2) is 12.2 Å². The molecule has 0 fully saturated rings. The standard InChI is InChI=1S/C18H30N2O8/c1-19(2,3)11-13(9-15(21)22)27-17(25)7-8-18(26)28-14(10-16(23)24)12-20(4,5)6/h7-8,13-14H,9-12H2,1-6H3/p+2/t13-,14-/m1/s1. The number of ether oxygens (including phenoxy) is 2. The third-order valence-corrected chi connectivity index (χ3v) is 3.23. The number of nitrogens with zero attached hydrogens (tertiary/aromatic N) is 2. The van der Waals surface area contributed by atoms with Crippen LogP contribution in [0.5, 0.6) is 0 Å². The molecule has 0 aliphatic carbocycles. The number of rotatable bonds is 12. The summed E-state index contributed by atoms with van der Waals surface area (Å²) in [7, 11) is 11.0. The van der Waals surface area contributed by atoms with E-state index in [2.05, 4.69) is 0 Å².